The van der Waals surface area contributed by atoms with Gasteiger partial charge in [0, 0.05) is 23.9 Å². The van der Waals surface area contributed by atoms with Crippen LogP contribution in [-0.4, -0.2) is 28.2 Å². The number of aromatic nitrogens is 1. The van der Waals surface area contributed by atoms with E-state index in [1.165, 1.54) is 13.2 Å². The normalized spacial score (nSPS) is 9.58. The van der Waals surface area contributed by atoms with Gasteiger partial charge in [0.25, 0.3) is 5.91 Å². The number of hydrogen-bond donors (Lipinski definition) is 1. The molecular formula is C7H7BrN2O2. The first-order valence-corrected chi connectivity index (χ1v) is 3.98. The maximum Gasteiger partial charge on any atom is 0.278 e. The standard InChI is InChI=1S/C7H7BrN2O2/c1-10(12)7(11)5-2-6(8)4-9-3-5/h2-4,12H,1H3. The van der Waals surface area contributed by atoms with Gasteiger partial charge in [0.15, 0.2) is 0 Å². The van der Waals surface area contributed by atoms with Gasteiger partial charge in [-0.25, -0.2) is 5.06 Å². The molecule has 1 N–H and O–H groups in total. The van der Waals surface area contributed by atoms with Crippen LogP contribution in [0, 0.1) is 0 Å². The summed E-state index contributed by atoms with van der Waals surface area (Å²) in [5.74, 6) is -0.483. The predicted octanol–water partition coefficient (Wildman–Crippen LogP) is 1.31. The summed E-state index contributed by atoms with van der Waals surface area (Å²) in [4.78, 5) is 14.9. The fourth-order valence-corrected chi connectivity index (χ4v) is 1.08. The molecule has 0 aliphatic carbocycles. The molecule has 1 rings (SSSR count). The highest BCUT2D eigenvalue weighted by molar-refractivity contribution is 9.10. The monoisotopic (exact) mass is 230 g/mol. The van der Waals surface area contributed by atoms with Crippen LogP contribution in [0.2, 0.25) is 0 Å². The summed E-state index contributed by atoms with van der Waals surface area (Å²) in [6.45, 7) is 0. The lowest BCUT2D eigenvalue weighted by Gasteiger charge is -2.07. The highest BCUT2D eigenvalue weighted by Gasteiger charge is 2.09. The number of pyridine rings is 1. The Morgan fingerprint density at radius 2 is 2.33 bits per heavy atom. The van der Waals surface area contributed by atoms with Crippen molar-refractivity contribution < 1.29 is 10.0 Å². The van der Waals surface area contributed by atoms with Crippen LogP contribution in [-0.2, 0) is 0 Å². The van der Waals surface area contributed by atoms with Gasteiger partial charge < -0.3 is 0 Å². The second kappa shape index (κ2) is 3.64. The minimum Gasteiger partial charge on any atom is -0.286 e. The molecule has 5 heteroatoms. The zero-order chi connectivity index (χ0) is 9.14. The molecule has 0 atom stereocenters. The fourth-order valence-electron chi connectivity index (χ4n) is 0.716. The number of amides is 1. The van der Waals surface area contributed by atoms with Crippen LogP contribution < -0.4 is 0 Å². The highest BCUT2D eigenvalue weighted by Crippen LogP contribution is 2.10. The van der Waals surface area contributed by atoms with Crippen molar-refractivity contribution in [2.24, 2.45) is 0 Å². The third-order valence-electron chi connectivity index (χ3n) is 1.25. The van der Waals surface area contributed by atoms with Crippen molar-refractivity contribution in [2.75, 3.05) is 7.05 Å². The van der Waals surface area contributed by atoms with Crippen molar-refractivity contribution in [2.45, 2.75) is 0 Å². The largest absolute Gasteiger partial charge is 0.286 e. The number of hydrogen-bond acceptors (Lipinski definition) is 3. The van der Waals surface area contributed by atoms with E-state index >= 15 is 0 Å². The summed E-state index contributed by atoms with van der Waals surface area (Å²) < 4.78 is 0.704. The molecule has 1 heterocycles. The summed E-state index contributed by atoms with van der Waals surface area (Å²) in [5.41, 5.74) is 0.342. The molecule has 1 amide bonds. The quantitative estimate of drug-likeness (QED) is 0.585. The average Bonchev–Trinajstić information content (AvgIpc) is 2.03. The van der Waals surface area contributed by atoms with E-state index in [-0.39, 0.29) is 0 Å². The molecule has 0 spiro atoms. The van der Waals surface area contributed by atoms with Crippen LogP contribution in [0.1, 0.15) is 10.4 Å². The first-order chi connectivity index (χ1) is 5.61. The van der Waals surface area contributed by atoms with Crippen LogP contribution in [0.4, 0.5) is 0 Å². The first-order valence-electron chi connectivity index (χ1n) is 3.19. The molecule has 1 aromatic heterocycles. The first kappa shape index (κ1) is 9.15. The molecule has 64 valence electrons. The Morgan fingerprint density at radius 1 is 1.67 bits per heavy atom. The van der Waals surface area contributed by atoms with Crippen molar-refractivity contribution in [3.05, 3.63) is 28.5 Å². The Hall–Kier alpha value is -0.940. The number of nitrogens with zero attached hydrogens (tertiary/aromatic N) is 2. The SMILES string of the molecule is CN(O)C(=O)c1cncc(Br)c1. The molecule has 0 unspecified atom stereocenters. The predicted molar refractivity (Wildman–Crippen MR) is 45.8 cm³/mol. The third-order valence-corrected chi connectivity index (χ3v) is 1.68. The molecule has 0 bridgehead atoms. The summed E-state index contributed by atoms with van der Waals surface area (Å²) in [5, 5.41) is 9.32. The fraction of sp³-hybridized carbons (Fsp3) is 0.143. The number of carbonyl (C=O) groups excluding carboxylic acids is 1. The summed E-state index contributed by atoms with van der Waals surface area (Å²) in [6, 6.07) is 1.59. The maximum absolute atomic E-state index is 11.1. The van der Waals surface area contributed by atoms with Gasteiger partial charge in [0.2, 0.25) is 0 Å². The van der Waals surface area contributed by atoms with Crippen LogP contribution in [0.3, 0.4) is 0 Å². The summed E-state index contributed by atoms with van der Waals surface area (Å²) in [6.07, 6.45) is 2.95. The van der Waals surface area contributed by atoms with Gasteiger partial charge >= 0.3 is 0 Å². The second-order valence-electron chi connectivity index (χ2n) is 2.22. The van der Waals surface area contributed by atoms with Gasteiger partial charge in [-0.1, -0.05) is 0 Å². The molecule has 0 aliphatic heterocycles. The summed E-state index contributed by atoms with van der Waals surface area (Å²) in [7, 11) is 1.27. The molecular weight excluding hydrogens is 224 g/mol. The van der Waals surface area contributed by atoms with Crippen LogP contribution in [0.25, 0.3) is 0 Å². The Bertz CT molecular complexity index is 301. The zero-order valence-electron chi connectivity index (χ0n) is 6.36. The minimum absolute atomic E-state index is 0.342. The lowest BCUT2D eigenvalue weighted by molar-refractivity contribution is -0.0375. The van der Waals surface area contributed by atoms with E-state index in [0.29, 0.717) is 15.1 Å². The Labute approximate surface area is 77.9 Å². The second-order valence-corrected chi connectivity index (χ2v) is 3.14. The molecule has 12 heavy (non-hydrogen) atoms. The van der Waals surface area contributed by atoms with Crippen molar-refractivity contribution in [1.29, 1.82) is 0 Å². The number of rotatable bonds is 1. The Kier molecular flexibility index (Phi) is 2.78. The molecule has 4 nitrogen and oxygen atoms in total. The van der Waals surface area contributed by atoms with Gasteiger partial charge in [-0.05, 0) is 22.0 Å². The molecule has 1 aromatic rings. The average molecular weight is 231 g/mol. The highest BCUT2D eigenvalue weighted by atomic mass is 79.9. The van der Waals surface area contributed by atoms with Crippen LogP contribution in [0.5, 0.6) is 0 Å². The van der Waals surface area contributed by atoms with Gasteiger partial charge in [-0.15, -0.1) is 0 Å². The van der Waals surface area contributed by atoms with E-state index in [4.69, 9.17) is 5.21 Å². The van der Waals surface area contributed by atoms with E-state index in [0.717, 1.165) is 0 Å². The Morgan fingerprint density at radius 3 is 2.83 bits per heavy atom. The van der Waals surface area contributed by atoms with E-state index in [1.54, 1.807) is 12.3 Å². The van der Waals surface area contributed by atoms with Crippen molar-refractivity contribution in [3.8, 4) is 0 Å². The van der Waals surface area contributed by atoms with E-state index in [9.17, 15) is 4.79 Å². The summed E-state index contributed by atoms with van der Waals surface area (Å²) >= 11 is 3.16. The Balaban J connectivity index is 2.96. The van der Waals surface area contributed by atoms with E-state index in [2.05, 4.69) is 20.9 Å². The topological polar surface area (TPSA) is 53.4 Å². The minimum atomic E-state index is -0.483. The van der Waals surface area contributed by atoms with E-state index in [1.807, 2.05) is 0 Å². The molecule has 0 aromatic carbocycles. The molecule has 0 saturated heterocycles. The van der Waals surface area contributed by atoms with Crippen molar-refractivity contribution in [3.63, 3.8) is 0 Å². The van der Waals surface area contributed by atoms with Gasteiger partial charge in [0.1, 0.15) is 0 Å². The molecule has 0 radical (unpaired) electrons. The number of hydroxylamine groups is 2. The maximum atomic E-state index is 11.1. The number of carbonyl (C=O) groups is 1. The van der Waals surface area contributed by atoms with Gasteiger partial charge in [-0.2, -0.15) is 0 Å². The van der Waals surface area contributed by atoms with Crippen molar-refractivity contribution in [1.82, 2.24) is 10.0 Å². The van der Waals surface area contributed by atoms with Crippen LogP contribution in [0.15, 0.2) is 22.9 Å². The van der Waals surface area contributed by atoms with Gasteiger partial charge in [0.05, 0.1) is 5.56 Å². The number of halogens is 1. The molecule has 0 fully saturated rings. The third kappa shape index (κ3) is 2.02. The molecule has 0 saturated carbocycles. The van der Waals surface area contributed by atoms with Crippen LogP contribution >= 0.6 is 15.9 Å². The lowest BCUT2D eigenvalue weighted by Crippen LogP contribution is -2.22. The zero-order valence-corrected chi connectivity index (χ0v) is 7.95. The van der Waals surface area contributed by atoms with E-state index < -0.39 is 5.91 Å². The van der Waals surface area contributed by atoms with Gasteiger partial charge in [-0.3, -0.25) is 15.0 Å². The molecule has 0 aliphatic rings. The smallest absolute Gasteiger partial charge is 0.278 e. The lowest BCUT2D eigenvalue weighted by atomic mass is 10.3. The van der Waals surface area contributed by atoms with Crippen molar-refractivity contribution >= 4 is 21.8 Å².